The highest BCUT2D eigenvalue weighted by molar-refractivity contribution is 5.49. The average molecular weight is 250 g/mol. The van der Waals surface area contributed by atoms with E-state index in [2.05, 4.69) is 26.0 Å². The molecule has 0 spiro atoms. The highest BCUT2D eigenvalue weighted by Crippen LogP contribution is 2.43. The number of methoxy groups -OCH3 is 1. The Morgan fingerprint density at radius 3 is 2.56 bits per heavy atom. The van der Waals surface area contributed by atoms with Gasteiger partial charge in [0.05, 0.1) is 20.3 Å². The van der Waals surface area contributed by atoms with Gasteiger partial charge in [-0.15, -0.1) is 0 Å². The molecule has 18 heavy (non-hydrogen) atoms. The minimum atomic E-state index is 0.0336. The van der Waals surface area contributed by atoms with E-state index >= 15 is 0 Å². The van der Waals surface area contributed by atoms with Crippen molar-refractivity contribution >= 4 is 0 Å². The zero-order valence-electron chi connectivity index (χ0n) is 11.5. The molecule has 1 aromatic rings. The molecular weight excluding hydrogens is 228 g/mol. The Labute approximate surface area is 109 Å². The van der Waals surface area contributed by atoms with Crippen LogP contribution in [0.2, 0.25) is 0 Å². The van der Waals surface area contributed by atoms with Gasteiger partial charge in [-0.05, 0) is 43.9 Å². The average Bonchev–Trinajstić information content (AvgIpc) is 2.29. The second kappa shape index (κ2) is 5.29. The molecule has 1 aliphatic rings. The number of aryl methyl sites for hydroxylation is 2. The zero-order chi connectivity index (χ0) is 13.2. The van der Waals surface area contributed by atoms with E-state index in [4.69, 9.17) is 14.6 Å². The van der Waals surface area contributed by atoms with Gasteiger partial charge in [-0.25, -0.2) is 0 Å². The second-order valence-electron chi connectivity index (χ2n) is 5.26. The summed E-state index contributed by atoms with van der Waals surface area (Å²) >= 11 is 0. The van der Waals surface area contributed by atoms with Crippen LogP contribution in [0.1, 0.15) is 29.5 Å². The number of rotatable bonds is 5. The summed E-state index contributed by atoms with van der Waals surface area (Å²) in [5, 5.41) is 9.06. The lowest BCUT2D eigenvalue weighted by Crippen LogP contribution is -2.47. The molecule has 0 radical (unpaired) electrons. The van der Waals surface area contributed by atoms with Crippen LogP contribution in [-0.4, -0.2) is 32.0 Å². The van der Waals surface area contributed by atoms with Gasteiger partial charge in [0.1, 0.15) is 5.75 Å². The van der Waals surface area contributed by atoms with E-state index in [0.29, 0.717) is 0 Å². The van der Waals surface area contributed by atoms with Crippen LogP contribution >= 0.6 is 0 Å². The molecule has 1 aromatic carbocycles. The Morgan fingerprint density at radius 1 is 1.33 bits per heavy atom. The van der Waals surface area contributed by atoms with Gasteiger partial charge in [0.25, 0.3) is 0 Å². The Hall–Kier alpha value is -1.06. The predicted octanol–water partition coefficient (Wildman–Crippen LogP) is 2.35. The van der Waals surface area contributed by atoms with E-state index in [0.717, 1.165) is 31.8 Å². The number of benzene rings is 1. The van der Waals surface area contributed by atoms with Crippen LogP contribution in [0.25, 0.3) is 0 Å². The molecule has 0 atom stereocenters. The number of hydrogen-bond acceptors (Lipinski definition) is 3. The SMILES string of the molecule is COc1cc(C)cc(C)c1C1(CCCO)COC1. The largest absolute Gasteiger partial charge is 0.496 e. The lowest BCUT2D eigenvalue weighted by molar-refractivity contribution is -0.0677. The Balaban J connectivity index is 2.41. The van der Waals surface area contributed by atoms with Crippen LogP contribution in [0.15, 0.2) is 12.1 Å². The van der Waals surface area contributed by atoms with Gasteiger partial charge in [0.2, 0.25) is 0 Å². The first-order chi connectivity index (χ1) is 8.63. The lowest BCUT2D eigenvalue weighted by atomic mass is 9.72. The highest BCUT2D eigenvalue weighted by Gasteiger charge is 2.42. The Morgan fingerprint density at radius 2 is 2.06 bits per heavy atom. The highest BCUT2D eigenvalue weighted by atomic mass is 16.5. The van der Waals surface area contributed by atoms with Crippen molar-refractivity contribution in [1.82, 2.24) is 0 Å². The van der Waals surface area contributed by atoms with Gasteiger partial charge in [-0.2, -0.15) is 0 Å². The number of ether oxygens (including phenoxy) is 2. The monoisotopic (exact) mass is 250 g/mol. The van der Waals surface area contributed by atoms with Gasteiger partial charge in [0, 0.05) is 17.6 Å². The van der Waals surface area contributed by atoms with Crippen LogP contribution in [0.4, 0.5) is 0 Å². The van der Waals surface area contributed by atoms with Crippen molar-refractivity contribution in [3.05, 3.63) is 28.8 Å². The molecule has 1 saturated heterocycles. The summed E-state index contributed by atoms with van der Waals surface area (Å²) in [6.45, 7) is 5.90. The van der Waals surface area contributed by atoms with Crippen molar-refractivity contribution in [3.8, 4) is 5.75 Å². The zero-order valence-corrected chi connectivity index (χ0v) is 11.5. The quantitative estimate of drug-likeness (QED) is 0.872. The van der Waals surface area contributed by atoms with E-state index in [1.807, 2.05) is 0 Å². The van der Waals surface area contributed by atoms with Crippen LogP contribution in [0.5, 0.6) is 5.75 Å². The third kappa shape index (κ3) is 2.25. The van der Waals surface area contributed by atoms with Crippen LogP contribution in [0.3, 0.4) is 0 Å². The predicted molar refractivity (Wildman–Crippen MR) is 71.3 cm³/mol. The standard InChI is InChI=1S/C15H22O3/c1-11-7-12(2)14(13(8-11)17-3)15(5-4-6-16)9-18-10-15/h7-8,16H,4-6,9-10H2,1-3H3. The molecule has 3 heteroatoms. The lowest BCUT2D eigenvalue weighted by Gasteiger charge is -2.43. The molecule has 0 bridgehead atoms. The molecule has 0 aromatic heterocycles. The van der Waals surface area contributed by atoms with Crippen molar-refractivity contribution < 1.29 is 14.6 Å². The van der Waals surface area contributed by atoms with E-state index in [9.17, 15) is 0 Å². The first-order valence-corrected chi connectivity index (χ1v) is 6.47. The van der Waals surface area contributed by atoms with Crippen molar-refractivity contribution in [2.75, 3.05) is 26.9 Å². The number of aliphatic hydroxyl groups excluding tert-OH is 1. The minimum absolute atomic E-state index is 0.0336. The summed E-state index contributed by atoms with van der Waals surface area (Å²) in [6.07, 6.45) is 1.75. The Kier molecular flexibility index (Phi) is 3.93. The van der Waals surface area contributed by atoms with Crippen molar-refractivity contribution in [2.45, 2.75) is 32.1 Å². The van der Waals surface area contributed by atoms with Crippen molar-refractivity contribution in [3.63, 3.8) is 0 Å². The van der Waals surface area contributed by atoms with Crippen LogP contribution in [0, 0.1) is 13.8 Å². The molecule has 0 aliphatic carbocycles. The molecule has 0 amide bonds. The summed E-state index contributed by atoms with van der Waals surface area (Å²) in [4.78, 5) is 0. The minimum Gasteiger partial charge on any atom is -0.496 e. The third-order valence-corrected chi connectivity index (χ3v) is 3.76. The van der Waals surface area contributed by atoms with Gasteiger partial charge < -0.3 is 14.6 Å². The first-order valence-electron chi connectivity index (χ1n) is 6.47. The van der Waals surface area contributed by atoms with Gasteiger partial charge in [0.15, 0.2) is 0 Å². The molecule has 3 nitrogen and oxygen atoms in total. The van der Waals surface area contributed by atoms with Gasteiger partial charge in [-0.3, -0.25) is 0 Å². The maximum Gasteiger partial charge on any atom is 0.123 e. The van der Waals surface area contributed by atoms with Crippen molar-refractivity contribution in [1.29, 1.82) is 0 Å². The summed E-state index contributed by atoms with van der Waals surface area (Å²) in [6, 6.07) is 4.28. The van der Waals surface area contributed by atoms with E-state index in [1.54, 1.807) is 7.11 Å². The summed E-state index contributed by atoms with van der Waals surface area (Å²) in [7, 11) is 1.72. The smallest absolute Gasteiger partial charge is 0.123 e. The third-order valence-electron chi connectivity index (χ3n) is 3.76. The van der Waals surface area contributed by atoms with Crippen molar-refractivity contribution in [2.24, 2.45) is 0 Å². The fourth-order valence-electron chi connectivity index (χ4n) is 2.95. The van der Waals surface area contributed by atoms with Gasteiger partial charge >= 0.3 is 0 Å². The molecule has 1 N–H and O–H groups in total. The summed E-state index contributed by atoms with van der Waals surface area (Å²) < 4.78 is 11.0. The second-order valence-corrected chi connectivity index (χ2v) is 5.26. The number of hydrogen-bond donors (Lipinski definition) is 1. The molecular formula is C15H22O3. The molecule has 1 heterocycles. The molecule has 1 fully saturated rings. The fraction of sp³-hybridized carbons (Fsp3) is 0.600. The Bertz CT molecular complexity index is 422. The molecule has 0 unspecified atom stereocenters. The van der Waals surface area contributed by atoms with Crippen LogP contribution in [-0.2, 0) is 10.2 Å². The van der Waals surface area contributed by atoms with Gasteiger partial charge in [-0.1, -0.05) is 6.07 Å². The fourth-order valence-corrected chi connectivity index (χ4v) is 2.95. The van der Waals surface area contributed by atoms with E-state index in [-0.39, 0.29) is 12.0 Å². The van der Waals surface area contributed by atoms with Crippen LogP contribution < -0.4 is 4.74 Å². The number of aliphatic hydroxyl groups is 1. The maximum absolute atomic E-state index is 9.06. The maximum atomic E-state index is 9.06. The molecule has 2 rings (SSSR count). The molecule has 0 saturated carbocycles. The normalized spacial score (nSPS) is 17.3. The summed E-state index contributed by atoms with van der Waals surface area (Å²) in [5.41, 5.74) is 3.76. The molecule has 1 aliphatic heterocycles. The molecule has 100 valence electrons. The summed E-state index contributed by atoms with van der Waals surface area (Å²) in [5.74, 6) is 0.953. The first kappa shape index (κ1) is 13.4. The topological polar surface area (TPSA) is 38.7 Å². The van der Waals surface area contributed by atoms with E-state index < -0.39 is 0 Å². The van der Waals surface area contributed by atoms with E-state index in [1.165, 1.54) is 16.7 Å².